The lowest BCUT2D eigenvalue weighted by atomic mass is 9.87. The van der Waals surface area contributed by atoms with Crippen LogP contribution in [0.15, 0.2) is 103 Å². The summed E-state index contributed by atoms with van der Waals surface area (Å²) in [6.07, 6.45) is 0.807. The second kappa shape index (κ2) is 8.19. The monoisotopic (exact) mass is 407 g/mol. The molecule has 0 radical (unpaired) electrons. The summed E-state index contributed by atoms with van der Waals surface area (Å²) >= 11 is 0. The van der Waals surface area contributed by atoms with E-state index in [9.17, 15) is 9.18 Å². The molecule has 0 saturated carbocycles. The van der Waals surface area contributed by atoms with Crippen molar-refractivity contribution >= 4 is 5.91 Å². The third-order valence-corrected chi connectivity index (χ3v) is 5.97. The fourth-order valence-corrected chi connectivity index (χ4v) is 4.39. The van der Waals surface area contributed by atoms with Crippen molar-refractivity contribution in [2.75, 3.05) is 6.54 Å². The number of carbonyl (C=O) groups is 1. The van der Waals surface area contributed by atoms with Gasteiger partial charge < -0.3 is 4.90 Å². The normalized spacial score (nSPS) is 15.4. The number of nitrogens with zero attached hydrogens (tertiary/aromatic N) is 1. The van der Waals surface area contributed by atoms with Gasteiger partial charge in [0.1, 0.15) is 5.82 Å². The number of amides is 1. The molecule has 3 heteroatoms. The highest BCUT2D eigenvalue weighted by atomic mass is 19.1. The minimum absolute atomic E-state index is 0.0107. The molecular formula is C28H22FNO. The molecule has 1 heterocycles. The van der Waals surface area contributed by atoms with Crippen molar-refractivity contribution in [3.8, 4) is 11.1 Å². The Morgan fingerprint density at radius 1 is 0.742 bits per heavy atom. The first-order valence-electron chi connectivity index (χ1n) is 10.5. The Bertz CT molecular complexity index is 1200. The van der Waals surface area contributed by atoms with Crippen LogP contribution in [0.3, 0.4) is 0 Å². The molecule has 152 valence electrons. The van der Waals surface area contributed by atoms with Crippen molar-refractivity contribution in [2.24, 2.45) is 0 Å². The maximum absolute atomic E-state index is 13.6. The highest BCUT2D eigenvalue weighted by molar-refractivity contribution is 5.95. The Morgan fingerprint density at radius 3 is 2.13 bits per heavy atom. The van der Waals surface area contributed by atoms with E-state index in [1.807, 2.05) is 59.5 Å². The Morgan fingerprint density at radius 2 is 1.39 bits per heavy atom. The summed E-state index contributed by atoms with van der Waals surface area (Å²) < 4.78 is 13.6. The molecule has 0 saturated heterocycles. The molecule has 0 N–H and O–H groups in total. The minimum atomic E-state index is -0.276. The lowest BCUT2D eigenvalue weighted by Gasteiger charge is -2.38. The zero-order chi connectivity index (χ0) is 21.2. The van der Waals surface area contributed by atoms with Crippen molar-refractivity contribution in [1.29, 1.82) is 0 Å². The molecule has 4 aromatic rings. The van der Waals surface area contributed by atoms with Crippen LogP contribution in [0.4, 0.5) is 4.39 Å². The number of halogens is 1. The fraction of sp³-hybridized carbons (Fsp3) is 0.107. The molecule has 1 amide bonds. The van der Waals surface area contributed by atoms with Crippen LogP contribution in [0.2, 0.25) is 0 Å². The molecule has 4 aromatic carbocycles. The molecule has 0 spiro atoms. The van der Waals surface area contributed by atoms with E-state index in [-0.39, 0.29) is 17.8 Å². The maximum Gasteiger partial charge on any atom is 0.254 e. The van der Waals surface area contributed by atoms with Gasteiger partial charge >= 0.3 is 0 Å². The summed E-state index contributed by atoms with van der Waals surface area (Å²) in [7, 11) is 0. The summed E-state index contributed by atoms with van der Waals surface area (Å²) in [5.41, 5.74) is 6.12. The number of benzene rings is 4. The SMILES string of the molecule is O=C(c1ccc(-c2ccccc2)cc1)N1CCc2ccccc2C1c1ccc(F)cc1. The third kappa shape index (κ3) is 3.75. The highest BCUT2D eigenvalue weighted by Gasteiger charge is 2.32. The van der Waals surface area contributed by atoms with Crippen LogP contribution in [0.25, 0.3) is 11.1 Å². The van der Waals surface area contributed by atoms with Crippen LogP contribution >= 0.6 is 0 Å². The fourth-order valence-electron chi connectivity index (χ4n) is 4.39. The smallest absolute Gasteiger partial charge is 0.254 e. The van der Waals surface area contributed by atoms with E-state index in [2.05, 4.69) is 24.3 Å². The number of fused-ring (bicyclic) bond motifs is 1. The molecule has 5 rings (SSSR count). The van der Waals surface area contributed by atoms with Crippen LogP contribution in [-0.2, 0) is 6.42 Å². The van der Waals surface area contributed by atoms with E-state index in [0.29, 0.717) is 12.1 Å². The van der Waals surface area contributed by atoms with E-state index in [1.165, 1.54) is 17.7 Å². The van der Waals surface area contributed by atoms with Crippen LogP contribution in [0, 0.1) is 5.82 Å². The van der Waals surface area contributed by atoms with Crippen LogP contribution in [0.1, 0.15) is 33.1 Å². The molecule has 0 fully saturated rings. The van der Waals surface area contributed by atoms with Gasteiger partial charge in [0.15, 0.2) is 0 Å². The van der Waals surface area contributed by atoms with Gasteiger partial charge in [0.2, 0.25) is 0 Å². The Hall–Kier alpha value is -3.72. The van der Waals surface area contributed by atoms with Gasteiger partial charge in [0, 0.05) is 12.1 Å². The Labute approximate surface area is 181 Å². The van der Waals surface area contributed by atoms with Gasteiger partial charge in [-0.2, -0.15) is 0 Å². The topological polar surface area (TPSA) is 20.3 Å². The van der Waals surface area contributed by atoms with E-state index < -0.39 is 0 Å². The largest absolute Gasteiger partial charge is 0.327 e. The zero-order valence-electron chi connectivity index (χ0n) is 17.0. The predicted molar refractivity (Wildman–Crippen MR) is 121 cm³/mol. The lowest BCUT2D eigenvalue weighted by Crippen LogP contribution is -2.40. The summed E-state index contributed by atoms with van der Waals surface area (Å²) in [5.74, 6) is -0.286. The second-order valence-electron chi connectivity index (χ2n) is 7.84. The van der Waals surface area contributed by atoms with E-state index in [0.717, 1.165) is 28.7 Å². The van der Waals surface area contributed by atoms with E-state index in [4.69, 9.17) is 0 Å². The lowest BCUT2D eigenvalue weighted by molar-refractivity contribution is 0.0694. The van der Waals surface area contributed by atoms with Crippen molar-refractivity contribution in [2.45, 2.75) is 12.5 Å². The molecule has 1 aliphatic rings. The van der Waals surface area contributed by atoms with Crippen molar-refractivity contribution in [3.63, 3.8) is 0 Å². The van der Waals surface area contributed by atoms with Gasteiger partial charge in [-0.15, -0.1) is 0 Å². The second-order valence-corrected chi connectivity index (χ2v) is 7.84. The average molecular weight is 407 g/mol. The average Bonchev–Trinajstić information content (AvgIpc) is 2.84. The number of hydrogen-bond acceptors (Lipinski definition) is 1. The van der Waals surface area contributed by atoms with Gasteiger partial charge in [-0.25, -0.2) is 4.39 Å². The molecule has 0 bridgehead atoms. The molecule has 0 aromatic heterocycles. The first-order chi connectivity index (χ1) is 15.2. The standard InChI is InChI=1S/C28H22FNO/c29-25-16-14-23(15-17-25)27-26-9-5-4-8-22(26)18-19-30(27)28(31)24-12-10-21(11-13-24)20-6-2-1-3-7-20/h1-17,27H,18-19H2. The summed E-state index contributed by atoms with van der Waals surface area (Å²) in [5, 5.41) is 0. The predicted octanol–water partition coefficient (Wildman–Crippen LogP) is 6.28. The number of hydrogen-bond donors (Lipinski definition) is 0. The molecular weight excluding hydrogens is 385 g/mol. The zero-order valence-corrected chi connectivity index (χ0v) is 17.0. The van der Waals surface area contributed by atoms with Crippen molar-refractivity contribution in [3.05, 3.63) is 131 Å². The van der Waals surface area contributed by atoms with Gasteiger partial charge in [-0.1, -0.05) is 78.9 Å². The maximum atomic E-state index is 13.6. The van der Waals surface area contributed by atoms with E-state index >= 15 is 0 Å². The molecule has 1 unspecified atom stereocenters. The Kier molecular flexibility index (Phi) is 5.09. The Balaban J connectivity index is 1.50. The number of rotatable bonds is 3. The van der Waals surface area contributed by atoms with E-state index in [1.54, 1.807) is 12.1 Å². The molecule has 1 atom stereocenters. The first kappa shape index (κ1) is 19.3. The molecule has 0 aliphatic carbocycles. The van der Waals surface area contributed by atoms with Crippen LogP contribution < -0.4 is 0 Å². The first-order valence-corrected chi connectivity index (χ1v) is 10.5. The third-order valence-electron chi connectivity index (χ3n) is 5.97. The van der Waals surface area contributed by atoms with Crippen LogP contribution in [0.5, 0.6) is 0 Å². The van der Waals surface area contributed by atoms with Gasteiger partial charge in [0.25, 0.3) is 5.91 Å². The molecule has 31 heavy (non-hydrogen) atoms. The van der Waals surface area contributed by atoms with Crippen LogP contribution in [-0.4, -0.2) is 17.4 Å². The minimum Gasteiger partial charge on any atom is -0.327 e. The highest BCUT2D eigenvalue weighted by Crippen LogP contribution is 2.36. The summed E-state index contributed by atoms with van der Waals surface area (Å²) in [6, 6.07) is 32.4. The summed E-state index contributed by atoms with van der Waals surface area (Å²) in [4.78, 5) is 15.5. The van der Waals surface area contributed by atoms with Crippen molar-refractivity contribution in [1.82, 2.24) is 4.90 Å². The van der Waals surface area contributed by atoms with Crippen molar-refractivity contribution < 1.29 is 9.18 Å². The summed E-state index contributed by atoms with van der Waals surface area (Å²) in [6.45, 7) is 0.623. The van der Waals surface area contributed by atoms with Gasteiger partial charge in [-0.05, 0) is 58.5 Å². The molecule has 1 aliphatic heterocycles. The van der Waals surface area contributed by atoms with Gasteiger partial charge in [-0.3, -0.25) is 4.79 Å². The van der Waals surface area contributed by atoms with Gasteiger partial charge in [0.05, 0.1) is 6.04 Å². The molecule has 2 nitrogen and oxygen atoms in total. The number of carbonyl (C=O) groups excluding carboxylic acids is 1. The quantitative estimate of drug-likeness (QED) is 0.391.